The number of benzene rings is 1. The predicted octanol–water partition coefficient (Wildman–Crippen LogP) is 1.98. The fourth-order valence-corrected chi connectivity index (χ4v) is 1.56. The second kappa shape index (κ2) is 8.14. The molecule has 0 heterocycles. The van der Waals surface area contributed by atoms with Crippen LogP contribution in [0, 0.1) is 5.92 Å². The number of anilines is 1. The number of imide groups is 1. The van der Waals surface area contributed by atoms with Gasteiger partial charge in [0.15, 0.2) is 0 Å². The molecule has 0 aliphatic heterocycles. The maximum atomic E-state index is 11.9. The van der Waals surface area contributed by atoms with E-state index in [-0.39, 0.29) is 5.91 Å². The summed E-state index contributed by atoms with van der Waals surface area (Å²) < 4.78 is 5.06. The zero-order valence-corrected chi connectivity index (χ0v) is 12.9. The molecular weight excluding hydrogens is 270 g/mol. The van der Waals surface area contributed by atoms with Crippen LogP contribution >= 0.6 is 0 Å². The maximum absolute atomic E-state index is 11.9. The number of amides is 3. The molecule has 21 heavy (non-hydrogen) atoms. The quantitative estimate of drug-likeness (QED) is 0.749. The summed E-state index contributed by atoms with van der Waals surface area (Å²) in [6.07, 6.45) is 0. The molecule has 0 spiro atoms. The first-order valence-corrected chi connectivity index (χ1v) is 6.91. The molecule has 116 valence electrons. The van der Waals surface area contributed by atoms with Crippen molar-refractivity contribution < 1.29 is 14.3 Å². The third-order valence-electron chi connectivity index (χ3n) is 2.77. The highest BCUT2D eigenvalue weighted by molar-refractivity contribution is 5.97. The Bertz CT molecular complexity index is 472. The van der Waals surface area contributed by atoms with Crippen molar-refractivity contribution >= 4 is 17.6 Å². The van der Waals surface area contributed by atoms with E-state index in [4.69, 9.17) is 4.74 Å². The minimum Gasteiger partial charge on any atom is -0.497 e. The Morgan fingerprint density at radius 3 is 2.29 bits per heavy atom. The summed E-state index contributed by atoms with van der Waals surface area (Å²) in [5.74, 6) is 0.693. The Balaban J connectivity index is 2.44. The van der Waals surface area contributed by atoms with Crippen LogP contribution in [0.5, 0.6) is 5.75 Å². The molecule has 1 aromatic rings. The Labute approximate surface area is 125 Å². The molecule has 6 heteroatoms. The van der Waals surface area contributed by atoms with Crippen molar-refractivity contribution in [3.8, 4) is 5.75 Å². The van der Waals surface area contributed by atoms with Crippen LogP contribution in [-0.2, 0) is 4.79 Å². The van der Waals surface area contributed by atoms with Crippen molar-refractivity contribution in [3.05, 3.63) is 24.3 Å². The molecule has 1 unspecified atom stereocenters. The first-order chi connectivity index (χ1) is 9.92. The molecular formula is C15H23N3O3. The van der Waals surface area contributed by atoms with Crippen molar-refractivity contribution in [3.63, 3.8) is 0 Å². The van der Waals surface area contributed by atoms with E-state index in [9.17, 15) is 9.59 Å². The summed E-state index contributed by atoms with van der Waals surface area (Å²) in [5, 5.41) is 7.95. The standard InChI is InChI=1S/C15H23N3O3/c1-10(2)9-16-15(20)18-14(19)11(3)17-12-5-7-13(21-4)8-6-12/h5-8,10-11,17H,9H2,1-4H3,(H2,16,18,19,20). The van der Waals surface area contributed by atoms with Crippen molar-refractivity contribution in [2.45, 2.75) is 26.8 Å². The van der Waals surface area contributed by atoms with Crippen LogP contribution < -0.4 is 20.7 Å². The molecule has 0 saturated heterocycles. The summed E-state index contributed by atoms with van der Waals surface area (Å²) >= 11 is 0. The molecule has 0 saturated carbocycles. The molecule has 0 fully saturated rings. The largest absolute Gasteiger partial charge is 0.497 e. The fourth-order valence-electron chi connectivity index (χ4n) is 1.56. The third kappa shape index (κ3) is 6.16. The molecule has 1 rings (SSSR count). The van der Waals surface area contributed by atoms with E-state index in [1.165, 1.54) is 0 Å². The summed E-state index contributed by atoms with van der Waals surface area (Å²) in [5.41, 5.74) is 0.779. The first kappa shape index (κ1) is 16.8. The van der Waals surface area contributed by atoms with Crippen LogP contribution in [0.2, 0.25) is 0 Å². The zero-order chi connectivity index (χ0) is 15.8. The molecule has 3 N–H and O–H groups in total. The van der Waals surface area contributed by atoms with E-state index in [1.807, 2.05) is 13.8 Å². The fraction of sp³-hybridized carbons (Fsp3) is 0.467. The van der Waals surface area contributed by atoms with E-state index >= 15 is 0 Å². The van der Waals surface area contributed by atoms with Crippen LogP contribution in [0.25, 0.3) is 0 Å². The Morgan fingerprint density at radius 2 is 1.76 bits per heavy atom. The summed E-state index contributed by atoms with van der Waals surface area (Å²) in [6, 6.07) is 6.20. The number of carbonyl (C=O) groups is 2. The van der Waals surface area contributed by atoms with E-state index in [2.05, 4.69) is 16.0 Å². The van der Waals surface area contributed by atoms with Gasteiger partial charge in [-0.2, -0.15) is 0 Å². The van der Waals surface area contributed by atoms with Gasteiger partial charge in [0, 0.05) is 12.2 Å². The number of methoxy groups -OCH3 is 1. The van der Waals surface area contributed by atoms with Crippen LogP contribution in [0.1, 0.15) is 20.8 Å². The first-order valence-electron chi connectivity index (χ1n) is 6.91. The van der Waals surface area contributed by atoms with E-state index in [0.29, 0.717) is 12.5 Å². The SMILES string of the molecule is COc1ccc(NC(C)C(=O)NC(=O)NCC(C)C)cc1. The molecule has 1 atom stereocenters. The number of nitrogens with one attached hydrogen (secondary N) is 3. The van der Waals surface area contributed by atoms with Crippen molar-refractivity contribution in [1.82, 2.24) is 10.6 Å². The van der Waals surface area contributed by atoms with E-state index in [1.54, 1.807) is 38.3 Å². The summed E-state index contributed by atoms with van der Waals surface area (Å²) in [7, 11) is 1.59. The second-order valence-electron chi connectivity index (χ2n) is 5.19. The molecule has 3 amide bonds. The highest BCUT2D eigenvalue weighted by Crippen LogP contribution is 2.15. The van der Waals surface area contributed by atoms with E-state index < -0.39 is 12.1 Å². The van der Waals surface area contributed by atoms with Crippen LogP contribution in [-0.4, -0.2) is 31.6 Å². The van der Waals surface area contributed by atoms with Crippen LogP contribution in [0.3, 0.4) is 0 Å². The number of hydrogen-bond acceptors (Lipinski definition) is 4. The average Bonchev–Trinajstić information content (AvgIpc) is 2.45. The van der Waals surface area contributed by atoms with Crippen molar-refractivity contribution in [2.75, 3.05) is 19.0 Å². The lowest BCUT2D eigenvalue weighted by Crippen LogP contribution is -2.46. The Hall–Kier alpha value is -2.24. The van der Waals surface area contributed by atoms with Gasteiger partial charge in [0.2, 0.25) is 5.91 Å². The second-order valence-corrected chi connectivity index (χ2v) is 5.19. The molecule has 0 aliphatic rings. The van der Waals surface area contributed by atoms with Gasteiger partial charge < -0.3 is 15.4 Å². The molecule has 0 aromatic heterocycles. The Kier molecular flexibility index (Phi) is 6.52. The molecule has 0 radical (unpaired) electrons. The van der Waals surface area contributed by atoms with Gasteiger partial charge in [0.1, 0.15) is 11.8 Å². The lowest BCUT2D eigenvalue weighted by Gasteiger charge is -2.15. The number of ether oxygens (including phenoxy) is 1. The normalized spacial score (nSPS) is 11.7. The smallest absolute Gasteiger partial charge is 0.321 e. The highest BCUT2D eigenvalue weighted by atomic mass is 16.5. The topological polar surface area (TPSA) is 79.5 Å². The molecule has 0 bridgehead atoms. The lowest BCUT2D eigenvalue weighted by atomic mass is 10.2. The summed E-state index contributed by atoms with van der Waals surface area (Å²) in [4.78, 5) is 23.4. The number of hydrogen-bond donors (Lipinski definition) is 3. The maximum Gasteiger partial charge on any atom is 0.321 e. The number of rotatable bonds is 6. The van der Waals surface area contributed by atoms with Crippen LogP contribution in [0.15, 0.2) is 24.3 Å². The predicted molar refractivity (Wildman–Crippen MR) is 82.5 cm³/mol. The summed E-state index contributed by atoms with van der Waals surface area (Å²) in [6.45, 7) is 6.18. The van der Waals surface area contributed by atoms with Gasteiger partial charge in [-0.1, -0.05) is 13.8 Å². The third-order valence-corrected chi connectivity index (χ3v) is 2.77. The number of urea groups is 1. The highest BCUT2D eigenvalue weighted by Gasteiger charge is 2.15. The number of carbonyl (C=O) groups excluding carboxylic acids is 2. The van der Waals surface area contributed by atoms with E-state index in [0.717, 1.165) is 11.4 Å². The molecule has 1 aromatic carbocycles. The van der Waals surface area contributed by atoms with Gasteiger partial charge in [0.05, 0.1) is 7.11 Å². The monoisotopic (exact) mass is 293 g/mol. The van der Waals surface area contributed by atoms with Gasteiger partial charge in [-0.25, -0.2) is 4.79 Å². The van der Waals surface area contributed by atoms with Crippen molar-refractivity contribution in [1.29, 1.82) is 0 Å². The van der Waals surface area contributed by atoms with Crippen molar-refractivity contribution in [2.24, 2.45) is 5.92 Å². The van der Waals surface area contributed by atoms with Gasteiger partial charge >= 0.3 is 6.03 Å². The minimum absolute atomic E-state index is 0.334. The zero-order valence-electron chi connectivity index (χ0n) is 12.9. The van der Waals surface area contributed by atoms with Gasteiger partial charge in [-0.3, -0.25) is 10.1 Å². The van der Waals surface area contributed by atoms with Gasteiger partial charge in [0.25, 0.3) is 0 Å². The average molecular weight is 293 g/mol. The molecule has 0 aliphatic carbocycles. The van der Waals surface area contributed by atoms with Crippen LogP contribution in [0.4, 0.5) is 10.5 Å². The minimum atomic E-state index is -0.525. The van der Waals surface area contributed by atoms with Gasteiger partial charge in [-0.05, 0) is 37.1 Å². The van der Waals surface area contributed by atoms with Gasteiger partial charge in [-0.15, -0.1) is 0 Å². The molecule has 6 nitrogen and oxygen atoms in total. The Morgan fingerprint density at radius 1 is 1.14 bits per heavy atom. The lowest BCUT2D eigenvalue weighted by molar-refractivity contribution is -0.120.